The fourth-order valence-electron chi connectivity index (χ4n) is 4.74. The molecule has 0 aromatic heterocycles. The normalized spacial score (nSPS) is 34.1. The maximum atomic E-state index is 12.3. The van der Waals surface area contributed by atoms with Crippen molar-refractivity contribution in [3.63, 3.8) is 0 Å². The van der Waals surface area contributed by atoms with Crippen LogP contribution < -0.4 is 10.6 Å². The minimum absolute atomic E-state index is 0.788. The first-order chi connectivity index (χ1) is 22.1. The fourth-order valence-corrected chi connectivity index (χ4v) is 5.35. The van der Waals surface area contributed by atoms with E-state index in [0.29, 0.717) is 0 Å². The first-order valence-electron chi connectivity index (χ1n) is 13.8. The zero-order chi connectivity index (χ0) is 36.7. The summed E-state index contributed by atoms with van der Waals surface area (Å²) < 4.78 is 93.3. The second-order valence-corrected chi connectivity index (χ2v) is 12.8. The van der Waals surface area contributed by atoms with Crippen LogP contribution in [0.15, 0.2) is 0 Å². The number of aliphatic hydroxyl groups excluding tert-OH is 8. The predicted molar refractivity (Wildman–Crippen MR) is 147 cm³/mol. The number of rotatable bonds is 17. The summed E-state index contributed by atoms with van der Waals surface area (Å²) in [7, 11) is -10.3. The van der Waals surface area contributed by atoms with Crippen molar-refractivity contribution < 1.29 is 104 Å². The van der Waals surface area contributed by atoms with E-state index in [0.717, 1.165) is 13.8 Å². The molecule has 12 N–H and O–H groups in total. The molecule has 0 aliphatic carbocycles. The molecule has 2 amide bonds. The molecule has 26 heteroatoms. The second-order valence-electron chi connectivity index (χ2n) is 10.6. The highest BCUT2D eigenvalue weighted by atomic mass is 32.3. The van der Waals surface area contributed by atoms with E-state index >= 15 is 0 Å². The highest BCUT2D eigenvalue weighted by Crippen LogP contribution is 2.31. The van der Waals surface area contributed by atoms with Gasteiger partial charge in [0.15, 0.2) is 12.6 Å². The van der Waals surface area contributed by atoms with Gasteiger partial charge in [-0.1, -0.05) is 0 Å². The highest BCUT2D eigenvalue weighted by molar-refractivity contribution is 7.81. The third kappa shape index (κ3) is 12.2. The number of aliphatic hydroxyl groups is 8. The number of amides is 2. The number of ether oxygens (including phenoxy) is 4. The van der Waals surface area contributed by atoms with Crippen molar-refractivity contribution in [3.8, 4) is 0 Å². The van der Waals surface area contributed by atoms with Gasteiger partial charge in [-0.2, -0.15) is 16.8 Å². The van der Waals surface area contributed by atoms with Crippen LogP contribution >= 0.6 is 0 Å². The van der Waals surface area contributed by atoms with Gasteiger partial charge in [0.05, 0.1) is 32.5 Å². The van der Waals surface area contributed by atoms with Crippen LogP contribution in [0.5, 0.6) is 0 Å². The lowest BCUT2D eigenvalue weighted by Gasteiger charge is -2.48. The third-order valence-electron chi connectivity index (χ3n) is 6.96. The molecule has 0 saturated carbocycles. The van der Waals surface area contributed by atoms with Gasteiger partial charge in [-0.25, -0.2) is 8.37 Å². The zero-order valence-corrected chi connectivity index (χ0v) is 26.7. The van der Waals surface area contributed by atoms with Crippen LogP contribution in [0.3, 0.4) is 0 Å². The highest BCUT2D eigenvalue weighted by Gasteiger charge is 2.53. The Morgan fingerprint density at radius 1 is 0.771 bits per heavy atom. The maximum absolute atomic E-state index is 12.3. The van der Waals surface area contributed by atoms with E-state index in [4.69, 9.17) is 28.1 Å². The zero-order valence-electron chi connectivity index (χ0n) is 25.1. The average molecular weight is 749 g/mol. The Bertz CT molecular complexity index is 1270. The van der Waals surface area contributed by atoms with Gasteiger partial charge in [-0.3, -0.25) is 18.7 Å². The first-order valence-corrected chi connectivity index (χ1v) is 16.5. The Labute approximate surface area is 273 Å². The quantitative estimate of drug-likeness (QED) is 0.0614. The molecule has 0 bridgehead atoms. The Kier molecular flexibility index (Phi) is 15.8. The Morgan fingerprint density at radius 3 is 1.75 bits per heavy atom. The molecular weight excluding hydrogens is 708 g/mol. The SMILES string of the molecule is CC(=O)NC(CO)C(OC1OC(COS(=O)(=O)O)C(O)C(OC2OC(COS(=O)(=O)O)C(O)C(O)C2O)C1NC(C)=O)C(O)C(O)CO. The van der Waals surface area contributed by atoms with Gasteiger partial charge >= 0.3 is 20.8 Å². The van der Waals surface area contributed by atoms with Crippen LogP contribution in [0.25, 0.3) is 0 Å². The van der Waals surface area contributed by atoms with Gasteiger partial charge in [0.25, 0.3) is 0 Å². The summed E-state index contributed by atoms with van der Waals surface area (Å²) >= 11 is 0. The lowest BCUT2D eigenvalue weighted by Crippen LogP contribution is -2.69. The first kappa shape index (κ1) is 42.4. The maximum Gasteiger partial charge on any atom is 0.397 e. The molecule has 0 spiro atoms. The van der Waals surface area contributed by atoms with Gasteiger partial charge in [-0.15, -0.1) is 0 Å². The number of carbonyl (C=O) groups is 2. The average Bonchev–Trinajstić information content (AvgIpc) is 2.98. The van der Waals surface area contributed by atoms with E-state index in [1.165, 1.54) is 0 Å². The number of hydrogen-bond acceptors (Lipinski definition) is 20. The monoisotopic (exact) mass is 748 g/mol. The number of hydrogen-bond donors (Lipinski definition) is 12. The van der Waals surface area contributed by atoms with E-state index < -0.39 is 145 Å². The van der Waals surface area contributed by atoms with Crippen LogP contribution in [0, 0.1) is 0 Å². The van der Waals surface area contributed by atoms with Crippen LogP contribution in [-0.4, -0.2) is 191 Å². The van der Waals surface area contributed by atoms with Gasteiger partial charge < -0.3 is 70.4 Å². The van der Waals surface area contributed by atoms with Crippen molar-refractivity contribution in [2.75, 3.05) is 26.4 Å². The molecule has 282 valence electrons. The van der Waals surface area contributed by atoms with E-state index in [1.54, 1.807) is 0 Å². The minimum Gasteiger partial charge on any atom is -0.394 e. The number of carbonyl (C=O) groups excluding carboxylic acids is 2. The largest absolute Gasteiger partial charge is 0.397 e. The molecule has 24 nitrogen and oxygen atoms in total. The lowest BCUT2D eigenvalue weighted by atomic mass is 9.94. The molecule has 14 atom stereocenters. The Hall–Kier alpha value is -1.80. The van der Waals surface area contributed by atoms with Gasteiger partial charge in [0.2, 0.25) is 11.8 Å². The molecule has 14 unspecified atom stereocenters. The lowest BCUT2D eigenvalue weighted by molar-refractivity contribution is -0.349. The molecule has 2 heterocycles. The molecule has 0 aromatic carbocycles. The summed E-state index contributed by atoms with van der Waals surface area (Å²) in [5.74, 6) is -1.69. The molecule has 2 aliphatic heterocycles. The van der Waals surface area contributed by atoms with Crippen molar-refractivity contribution in [1.82, 2.24) is 10.6 Å². The van der Waals surface area contributed by atoms with Gasteiger partial charge in [0.1, 0.15) is 67.1 Å². The van der Waals surface area contributed by atoms with Crippen molar-refractivity contribution in [3.05, 3.63) is 0 Å². The smallest absolute Gasteiger partial charge is 0.394 e. The summed E-state index contributed by atoms with van der Waals surface area (Å²) in [6.45, 7) is -2.48. The standard InChI is InChI=1S/C22H40N2O22S2/c1-7(27)23-9(3-25)19(14(30)10(29)4-26)45-21-13(24-8(2)28)20(16(32)12(43-21)6-42-48(38,39)40)46-22-18(34)17(33)15(31)11(44-22)5-41-47(35,36)37/h9-22,25-26,29-34H,3-6H2,1-2H3,(H,23,27)(H,24,28)(H,35,36,37)(H,38,39,40). The summed E-state index contributed by atoms with van der Waals surface area (Å²) in [6, 6.07) is -3.41. The minimum atomic E-state index is -5.20. The van der Waals surface area contributed by atoms with E-state index in [1.807, 2.05) is 0 Å². The van der Waals surface area contributed by atoms with Gasteiger partial charge in [0, 0.05) is 13.8 Å². The molecule has 2 fully saturated rings. The fraction of sp³-hybridized carbons (Fsp3) is 0.909. The van der Waals surface area contributed by atoms with E-state index in [2.05, 4.69) is 19.0 Å². The molecule has 2 saturated heterocycles. The number of nitrogens with one attached hydrogen (secondary N) is 2. The summed E-state index contributed by atoms with van der Waals surface area (Å²) in [5.41, 5.74) is 0. The van der Waals surface area contributed by atoms with E-state index in [9.17, 15) is 67.3 Å². The topological polar surface area (TPSA) is 384 Å². The van der Waals surface area contributed by atoms with Crippen molar-refractivity contribution in [1.29, 1.82) is 0 Å². The molecular formula is C22H40N2O22S2. The second kappa shape index (κ2) is 17.9. The van der Waals surface area contributed by atoms with Crippen LogP contribution in [0.2, 0.25) is 0 Å². The molecule has 0 radical (unpaired) electrons. The molecule has 48 heavy (non-hydrogen) atoms. The van der Waals surface area contributed by atoms with E-state index in [-0.39, 0.29) is 0 Å². The summed E-state index contributed by atoms with van der Waals surface area (Å²) in [4.78, 5) is 24.1. The van der Waals surface area contributed by atoms with Crippen LogP contribution in [0.1, 0.15) is 13.8 Å². The van der Waals surface area contributed by atoms with Crippen molar-refractivity contribution in [2.45, 2.75) is 99.6 Å². The van der Waals surface area contributed by atoms with Crippen molar-refractivity contribution >= 4 is 32.6 Å². The van der Waals surface area contributed by atoms with Gasteiger partial charge in [-0.05, 0) is 0 Å². The molecule has 2 rings (SSSR count). The Morgan fingerprint density at radius 2 is 1.29 bits per heavy atom. The van der Waals surface area contributed by atoms with Crippen molar-refractivity contribution in [2.24, 2.45) is 0 Å². The third-order valence-corrected chi connectivity index (χ3v) is 7.82. The molecule has 0 aromatic rings. The summed E-state index contributed by atoms with van der Waals surface area (Å²) in [6.07, 6.45) is -24.6. The van der Waals surface area contributed by atoms with Crippen LogP contribution in [-0.2, 0) is 57.7 Å². The summed E-state index contributed by atoms with van der Waals surface area (Å²) in [5, 5.41) is 87.0. The Balaban J connectivity index is 2.59. The predicted octanol–water partition coefficient (Wildman–Crippen LogP) is -8.00. The molecule has 2 aliphatic rings. The van der Waals surface area contributed by atoms with Crippen LogP contribution in [0.4, 0.5) is 0 Å².